The summed E-state index contributed by atoms with van der Waals surface area (Å²) in [5.74, 6) is 0.0272. The van der Waals surface area contributed by atoms with Crippen molar-refractivity contribution in [2.75, 3.05) is 6.54 Å². The van der Waals surface area contributed by atoms with E-state index in [2.05, 4.69) is 10.3 Å². The van der Waals surface area contributed by atoms with E-state index < -0.39 is 11.6 Å². The molecule has 2 amide bonds. The van der Waals surface area contributed by atoms with Gasteiger partial charge < -0.3 is 15.2 Å². The van der Waals surface area contributed by atoms with Crippen LogP contribution >= 0.6 is 0 Å². The first kappa shape index (κ1) is 13.4. The fraction of sp³-hybridized carbons (Fsp3) is 0.412. The molecular weight excluding hydrogens is 278 g/mol. The third kappa shape index (κ3) is 1.78. The van der Waals surface area contributed by atoms with Crippen molar-refractivity contribution in [3.8, 4) is 0 Å². The maximum atomic E-state index is 12.7. The van der Waals surface area contributed by atoms with E-state index in [9.17, 15) is 9.59 Å². The molecule has 0 aliphatic carbocycles. The van der Waals surface area contributed by atoms with Crippen molar-refractivity contribution in [1.29, 1.82) is 0 Å². The minimum atomic E-state index is -0.645. The number of piperazine rings is 1. The van der Waals surface area contributed by atoms with Crippen molar-refractivity contribution >= 4 is 22.7 Å². The molecule has 4 rings (SSSR count). The number of nitrogens with one attached hydrogen (secondary N) is 2. The summed E-state index contributed by atoms with van der Waals surface area (Å²) in [4.78, 5) is 30.1. The second-order valence-corrected chi connectivity index (χ2v) is 6.46. The van der Waals surface area contributed by atoms with Gasteiger partial charge >= 0.3 is 0 Å². The first-order valence-electron chi connectivity index (χ1n) is 7.77. The van der Waals surface area contributed by atoms with Crippen LogP contribution in [0.4, 0.5) is 0 Å². The average Bonchev–Trinajstić information content (AvgIpc) is 3.10. The molecule has 2 aliphatic rings. The zero-order valence-electron chi connectivity index (χ0n) is 12.6. The summed E-state index contributed by atoms with van der Waals surface area (Å²) in [6, 6.07) is 7.55. The summed E-state index contributed by atoms with van der Waals surface area (Å²) < 4.78 is 0. The molecule has 1 aromatic heterocycles. The van der Waals surface area contributed by atoms with Crippen LogP contribution in [-0.2, 0) is 16.0 Å². The number of benzene rings is 1. The largest absolute Gasteiger partial charge is 0.361 e. The predicted octanol–water partition coefficient (Wildman–Crippen LogP) is 1.59. The molecule has 0 saturated carbocycles. The highest BCUT2D eigenvalue weighted by Gasteiger charge is 2.51. The molecule has 5 heteroatoms. The Bertz CT molecular complexity index is 766. The zero-order valence-corrected chi connectivity index (χ0v) is 12.6. The molecule has 1 aromatic carbocycles. The van der Waals surface area contributed by atoms with Gasteiger partial charge in [-0.2, -0.15) is 0 Å². The molecule has 2 unspecified atom stereocenters. The first-order valence-corrected chi connectivity index (χ1v) is 7.77. The van der Waals surface area contributed by atoms with Gasteiger partial charge in [-0.25, -0.2) is 0 Å². The van der Waals surface area contributed by atoms with E-state index in [1.165, 1.54) is 0 Å². The Morgan fingerprint density at radius 2 is 2.14 bits per heavy atom. The highest BCUT2D eigenvalue weighted by molar-refractivity contribution is 6.00. The number of H-pyrrole nitrogens is 1. The number of rotatable bonds is 2. The third-order valence-electron chi connectivity index (χ3n) is 5.10. The molecule has 0 radical (unpaired) electrons. The number of amides is 2. The summed E-state index contributed by atoms with van der Waals surface area (Å²) in [6.45, 7) is 2.56. The summed E-state index contributed by atoms with van der Waals surface area (Å²) in [5.41, 5.74) is 1.48. The highest BCUT2D eigenvalue weighted by atomic mass is 16.2. The lowest BCUT2D eigenvalue weighted by molar-refractivity contribution is -0.153. The van der Waals surface area contributed by atoms with Gasteiger partial charge in [0.1, 0.15) is 11.6 Å². The van der Waals surface area contributed by atoms with Crippen LogP contribution < -0.4 is 5.32 Å². The molecule has 0 spiro atoms. The lowest BCUT2D eigenvalue weighted by Crippen LogP contribution is -2.67. The zero-order chi connectivity index (χ0) is 15.3. The molecule has 2 aliphatic heterocycles. The van der Waals surface area contributed by atoms with Crippen LogP contribution in [0.5, 0.6) is 0 Å². The number of aromatic amines is 1. The summed E-state index contributed by atoms with van der Waals surface area (Å²) in [7, 11) is 0. The Morgan fingerprint density at radius 3 is 3.00 bits per heavy atom. The number of carbonyl (C=O) groups excluding carboxylic acids is 2. The second-order valence-electron chi connectivity index (χ2n) is 6.46. The standard InChI is InChI=1S/C17H19N3O2/c1-17-7-4-8-20(17)15(21)14(19-16(17)22)9-11-10-18-13-6-3-2-5-12(11)13/h2-3,5-6,10,14,18H,4,7-9H2,1H3,(H,19,22). The first-order chi connectivity index (χ1) is 10.6. The van der Waals surface area contributed by atoms with Gasteiger partial charge in [-0.1, -0.05) is 18.2 Å². The number of para-hydroxylation sites is 1. The quantitative estimate of drug-likeness (QED) is 0.884. The summed E-state index contributed by atoms with van der Waals surface area (Å²) in [5, 5.41) is 4.05. The SMILES string of the molecule is CC12CCCN1C(=O)C(Cc1c[nH]c3ccccc13)NC2=O. The van der Waals surface area contributed by atoms with Crippen LogP contribution in [0.2, 0.25) is 0 Å². The predicted molar refractivity (Wildman–Crippen MR) is 83.3 cm³/mol. The topological polar surface area (TPSA) is 65.2 Å². The van der Waals surface area contributed by atoms with Crippen molar-refractivity contribution in [1.82, 2.24) is 15.2 Å². The number of nitrogens with zero attached hydrogens (tertiary/aromatic N) is 1. The Balaban J connectivity index is 1.64. The average molecular weight is 297 g/mol. The Morgan fingerprint density at radius 1 is 1.32 bits per heavy atom. The number of fused-ring (bicyclic) bond motifs is 2. The number of hydrogen-bond acceptors (Lipinski definition) is 2. The molecule has 2 fully saturated rings. The van der Waals surface area contributed by atoms with Gasteiger partial charge in [-0.3, -0.25) is 9.59 Å². The molecule has 2 saturated heterocycles. The van der Waals surface area contributed by atoms with Crippen molar-refractivity contribution in [2.45, 2.75) is 37.8 Å². The Kier molecular flexibility index (Phi) is 2.79. The monoisotopic (exact) mass is 297 g/mol. The van der Waals surface area contributed by atoms with E-state index in [1.807, 2.05) is 37.4 Å². The van der Waals surface area contributed by atoms with Gasteiger partial charge in [-0.05, 0) is 31.4 Å². The fourth-order valence-electron chi connectivity index (χ4n) is 3.77. The smallest absolute Gasteiger partial charge is 0.246 e. The molecule has 2 atom stereocenters. The molecule has 114 valence electrons. The highest BCUT2D eigenvalue weighted by Crippen LogP contribution is 2.33. The molecule has 2 N–H and O–H groups in total. The van der Waals surface area contributed by atoms with Crippen LogP contribution in [0.25, 0.3) is 10.9 Å². The van der Waals surface area contributed by atoms with Gasteiger partial charge in [0, 0.05) is 30.1 Å². The van der Waals surface area contributed by atoms with E-state index in [-0.39, 0.29) is 11.8 Å². The maximum absolute atomic E-state index is 12.7. The van der Waals surface area contributed by atoms with E-state index in [0.717, 1.165) is 29.3 Å². The third-order valence-corrected chi connectivity index (χ3v) is 5.10. The van der Waals surface area contributed by atoms with Crippen LogP contribution in [-0.4, -0.2) is 39.8 Å². The number of aromatic nitrogens is 1. The minimum absolute atomic E-state index is 0.0190. The lowest BCUT2D eigenvalue weighted by Gasteiger charge is -2.41. The normalized spacial score (nSPS) is 28.0. The van der Waals surface area contributed by atoms with Gasteiger partial charge in [0.25, 0.3) is 0 Å². The van der Waals surface area contributed by atoms with E-state index in [4.69, 9.17) is 0 Å². The number of hydrogen-bond donors (Lipinski definition) is 2. The number of carbonyl (C=O) groups is 2. The minimum Gasteiger partial charge on any atom is -0.361 e. The van der Waals surface area contributed by atoms with Crippen molar-refractivity contribution < 1.29 is 9.59 Å². The van der Waals surface area contributed by atoms with E-state index in [0.29, 0.717) is 13.0 Å². The van der Waals surface area contributed by atoms with Crippen LogP contribution in [0.1, 0.15) is 25.3 Å². The van der Waals surface area contributed by atoms with E-state index in [1.54, 1.807) is 4.90 Å². The Hall–Kier alpha value is -2.30. The molecule has 0 bridgehead atoms. The van der Waals surface area contributed by atoms with Gasteiger partial charge in [0.15, 0.2) is 0 Å². The molecule has 2 aromatic rings. The molecular formula is C17H19N3O2. The van der Waals surface area contributed by atoms with Gasteiger partial charge in [0.2, 0.25) is 11.8 Å². The lowest BCUT2D eigenvalue weighted by atomic mass is 9.92. The van der Waals surface area contributed by atoms with Gasteiger partial charge in [0.05, 0.1) is 0 Å². The summed E-state index contributed by atoms with van der Waals surface area (Å²) >= 11 is 0. The van der Waals surface area contributed by atoms with E-state index >= 15 is 0 Å². The van der Waals surface area contributed by atoms with Crippen LogP contribution in [0.3, 0.4) is 0 Å². The second kappa shape index (κ2) is 4.60. The molecule has 3 heterocycles. The van der Waals surface area contributed by atoms with Crippen LogP contribution in [0.15, 0.2) is 30.5 Å². The summed E-state index contributed by atoms with van der Waals surface area (Å²) in [6.07, 6.45) is 4.11. The molecule has 22 heavy (non-hydrogen) atoms. The molecule has 5 nitrogen and oxygen atoms in total. The van der Waals surface area contributed by atoms with Gasteiger partial charge in [-0.15, -0.1) is 0 Å². The van der Waals surface area contributed by atoms with Crippen molar-refractivity contribution in [3.05, 3.63) is 36.0 Å². The van der Waals surface area contributed by atoms with Crippen molar-refractivity contribution in [3.63, 3.8) is 0 Å². The Labute approximate surface area is 128 Å². The fourth-order valence-corrected chi connectivity index (χ4v) is 3.77. The van der Waals surface area contributed by atoms with Crippen molar-refractivity contribution in [2.24, 2.45) is 0 Å². The maximum Gasteiger partial charge on any atom is 0.246 e. The van der Waals surface area contributed by atoms with Crippen LogP contribution in [0, 0.1) is 0 Å².